The number of Topliss-reactive ketones (excluding diaryl/α,β-unsaturated/α-hetero) is 1. The molecule has 1 unspecified atom stereocenters. The lowest BCUT2D eigenvalue weighted by Crippen LogP contribution is -2.04. The molecular weight excluding hydrogens is 206 g/mol. The molecular formula is C11H11N3O2. The highest BCUT2D eigenvalue weighted by Crippen LogP contribution is 2.19. The molecule has 0 amide bonds. The second kappa shape index (κ2) is 4.22. The molecule has 1 atom stereocenters. The maximum atomic E-state index is 11.1. The molecule has 0 spiro atoms. The summed E-state index contributed by atoms with van der Waals surface area (Å²) < 4.78 is 5.03. The Morgan fingerprint density at radius 2 is 2.31 bits per heavy atom. The van der Waals surface area contributed by atoms with Crippen molar-refractivity contribution in [3.63, 3.8) is 0 Å². The molecule has 0 aliphatic heterocycles. The third-order valence-electron chi connectivity index (χ3n) is 2.34. The first-order valence-electron chi connectivity index (χ1n) is 4.93. The summed E-state index contributed by atoms with van der Waals surface area (Å²) in [6.45, 7) is 3.24. The third-order valence-corrected chi connectivity index (χ3v) is 2.34. The fourth-order valence-electron chi connectivity index (χ4n) is 1.20. The summed E-state index contributed by atoms with van der Waals surface area (Å²) in [5, 5.41) is 3.81. The topological polar surface area (TPSA) is 68.9 Å². The molecule has 0 saturated heterocycles. The lowest BCUT2D eigenvalue weighted by Gasteiger charge is -1.97. The van der Waals surface area contributed by atoms with Crippen molar-refractivity contribution in [3.8, 4) is 11.4 Å². The van der Waals surface area contributed by atoms with Crippen LogP contribution < -0.4 is 0 Å². The van der Waals surface area contributed by atoms with Crippen LogP contribution in [-0.4, -0.2) is 20.9 Å². The number of aromatic nitrogens is 3. The van der Waals surface area contributed by atoms with Gasteiger partial charge in [0, 0.05) is 18.0 Å². The van der Waals surface area contributed by atoms with E-state index in [2.05, 4.69) is 15.1 Å². The van der Waals surface area contributed by atoms with E-state index in [1.807, 2.05) is 6.07 Å². The van der Waals surface area contributed by atoms with Crippen molar-refractivity contribution in [3.05, 3.63) is 30.4 Å². The summed E-state index contributed by atoms with van der Waals surface area (Å²) in [5.41, 5.74) is 0.772. The van der Waals surface area contributed by atoms with E-state index in [0.29, 0.717) is 11.7 Å². The SMILES string of the molecule is CC(=O)C(C)c1nc(-c2cccnc2)no1. The predicted octanol–water partition coefficient (Wildman–Crippen LogP) is 1.82. The maximum Gasteiger partial charge on any atom is 0.237 e. The van der Waals surface area contributed by atoms with Crippen molar-refractivity contribution in [1.82, 2.24) is 15.1 Å². The van der Waals surface area contributed by atoms with Crippen molar-refractivity contribution in [1.29, 1.82) is 0 Å². The van der Waals surface area contributed by atoms with Gasteiger partial charge in [-0.25, -0.2) is 0 Å². The Hall–Kier alpha value is -2.04. The summed E-state index contributed by atoms with van der Waals surface area (Å²) in [6, 6.07) is 3.62. The Balaban J connectivity index is 2.30. The molecule has 0 aliphatic carbocycles. The van der Waals surface area contributed by atoms with Gasteiger partial charge in [-0.05, 0) is 26.0 Å². The first-order valence-corrected chi connectivity index (χ1v) is 4.93. The van der Waals surface area contributed by atoms with E-state index in [-0.39, 0.29) is 11.7 Å². The molecule has 82 valence electrons. The minimum Gasteiger partial charge on any atom is -0.338 e. The van der Waals surface area contributed by atoms with Gasteiger partial charge in [-0.15, -0.1) is 0 Å². The number of pyridine rings is 1. The van der Waals surface area contributed by atoms with Gasteiger partial charge in [0.25, 0.3) is 0 Å². The standard InChI is InChI=1S/C11H11N3O2/c1-7(8(2)15)11-13-10(14-16-11)9-4-3-5-12-6-9/h3-7H,1-2H3. The normalized spacial score (nSPS) is 12.4. The quantitative estimate of drug-likeness (QED) is 0.784. The van der Waals surface area contributed by atoms with Crippen LogP contribution in [0.4, 0.5) is 0 Å². The van der Waals surface area contributed by atoms with Crippen molar-refractivity contribution >= 4 is 5.78 Å². The number of carbonyl (C=O) groups is 1. The van der Waals surface area contributed by atoms with Crippen LogP contribution in [0.2, 0.25) is 0 Å². The molecule has 0 N–H and O–H groups in total. The van der Waals surface area contributed by atoms with Gasteiger partial charge in [-0.2, -0.15) is 4.98 Å². The van der Waals surface area contributed by atoms with E-state index in [1.165, 1.54) is 6.92 Å². The van der Waals surface area contributed by atoms with Gasteiger partial charge in [0.05, 0.1) is 5.92 Å². The molecule has 0 fully saturated rings. The smallest absolute Gasteiger partial charge is 0.237 e. The summed E-state index contributed by atoms with van der Waals surface area (Å²) in [7, 11) is 0. The molecule has 2 aromatic rings. The van der Waals surface area contributed by atoms with Crippen LogP contribution in [0.15, 0.2) is 29.0 Å². The summed E-state index contributed by atoms with van der Waals surface area (Å²) >= 11 is 0. The number of ketones is 1. The zero-order valence-corrected chi connectivity index (χ0v) is 9.04. The third kappa shape index (κ3) is 1.98. The minimum atomic E-state index is -0.363. The van der Waals surface area contributed by atoms with Gasteiger partial charge in [0.2, 0.25) is 11.7 Å². The Bertz CT molecular complexity index is 493. The van der Waals surface area contributed by atoms with E-state index in [4.69, 9.17) is 4.52 Å². The van der Waals surface area contributed by atoms with Crippen molar-refractivity contribution in [2.45, 2.75) is 19.8 Å². The van der Waals surface area contributed by atoms with Crippen LogP contribution in [0.1, 0.15) is 25.7 Å². The molecule has 16 heavy (non-hydrogen) atoms. The van der Waals surface area contributed by atoms with Gasteiger partial charge >= 0.3 is 0 Å². The zero-order valence-electron chi connectivity index (χ0n) is 9.04. The van der Waals surface area contributed by atoms with Gasteiger partial charge < -0.3 is 4.52 Å². The first-order chi connectivity index (χ1) is 7.68. The van der Waals surface area contributed by atoms with Crippen LogP contribution in [0.5, 0.6) is 0 Å². The van der Waals surface area contributed by atoms with Crippen molar-refractivity contribution in [2.24, 2.45) is 0 Å². The number of hydrogen-bond acceptors (Lipinski definition) is 5. The second-order valence-electron chi connectivity index (χ2n) is 3.53. The molecule has 0 radical (unpaired) electrons. The van der Waals surface area contributed by atoms with E-state index >= 15 is 0 Å². The molecule has 2 aromatic heterocycles. The van der Waals surface area contributed by atoms with Gasteiger partial charge in [-0.3, -0.25) is 9.78 Å². The van der Waals surface area contributed by atoms with Crippen LogP contribution in [-0.2, 0) is 4.79 Å². The number of rotatable bonds is 3. The first kappa shape index (κ1) is 10.5. The lowest BCUT2D eigenvalue weighted by molar-refractivity contribution is -0.118. The Labute approximate surface area is 92.5 Å². The molecule has 2 heterocycles. The molecule has 0 aliphatic rings. The van der Waals surface area contributed by atoms with E-state index in [1.54, 1.807) is 25.4 Å². The summed E-state index contributed by atoms with van der Waals surface area (Å²) in [4.78, 5) is 19.3. The lowest BCUT2D eigenvalue weighted by atomic mass is 10.1. The minimum absolute atomic E-state index is 0.00128. The maximum absolute atomic E-state index is 11.1. The number of carbonyl (C=O) groups excluding carboxylic acids is 1. The number of hydrogen-bond donors (Lipinski definition) is 0. The fraction of sp³-hybridized carbons (Fsp3) is 0.273. The highest BCUT2D eigenvalue weighted by Gasteiger charge is 2.18. The van der Waals surface area contributed by atoms with Gasteiger partial charge in [-0.1, -0.05) is 5.16 Å². The monoisotopic (exact) mass is 217 g/mol. The van der Waals surface area contributed by atoms with E-state index in [9.17, 15) is 4.79 Å². The fourth-order valence-corrected chi connectivity index (χ4v) is 1.20. The van der Waals surface area contributed by atoms with Crippen LogP contribution in [0, 0.1) is 0 Å². The number of nitrogens with zero attached hydrogens (tertiary/aromatic N) is 3. The van der Waals surface area contributed by atoms with E-state index < -0.39 is 0 Å². The predicted molar refractivity (Wildman–Crippen MR) is 56.6 cm³/mol. The largest absolute Gasteiger partial charge is 0.338 e. The van der Waals surface area contributed by atoms with E-state index in [0.717, 1.165) is 5.56 Å². The summed E-state index contributed by atoms with van der Waals surface area (Å²) in [5.74, 6) is 0.432. The van der Waals surface area contributed by atoms with Crippen LogP contribution in [0.25, 0.3) is 11.4 Å². The molecule has 5 nitrogen and oxygen atoms in total. The van der Waals surface area contributed by atoms with Crippen LogP contribution in [0.3, 0.4) is 0 Å². The molecule has 0 aromatic carbocycles. The average molecular weight is 217 g/mol. The van der Waals surface area contributed by atoms with Crippen molar-refractivity contribution < 1.29 is 9.32 Å². The Kier molecular flexibility index (Phi) is 2.76. The van der Waals surface area contributed by atoms with Crippen LogP contribution >= 0.6 is 0 Å². The Morgan fingerprint density at radius 1 is 1.50 bits per heavy atom. The Morgan fingerprint density at radius 3 is 2.94 bits per heavy atom. The van der Waals surface area contributed by atoms with Gasteiger partial charge in [0.1, 0.15) is 5.78 Å². The average Bonchev–Trinajstić information content (AvgIpc) is 2.78. The highest BCUT2D eigenvalue weighted by molar-refractivity contribution is 5.81. The summed E-state index contributed by atoms with van der Waals surface area (Å²) in [6.07, 6.45) is 3.32. The molecule has 2 rings (SSSR count). The second-order valence-corrected chi connectivity index (χ2v) is 3.53. The van der Waals surface area contributed by atoms with Gasteiger partial charge in [0.15, 0.2) is 0 Å². The van der Waals surface area contributed by atoms with Crippen molar-refractivity contribution in [2.75, 3.05) is 0 Å². The molecule has 5 heteroatoms. The highest BCUT2D eigenvalue weighted by atomic mass is 16.5. The molecule has 0 bridgehead atoms. The molecule has 0 saturated carbocycles. The zero-order chi connectivity index (χ0) is 11.5.